The number of guanidine groups is 1. The maximum atomic E-state index is 12.8. The van der Waals surface area contributed by atoms with Crippen LogP contribution in [0.25, 0.3) is 0 Å². The molecular weight excluding hydrogens is 370 g/mol. The summed E-state index contributed by atoms with van der Waals surface area (Å²) in [6.07, 6.45) is 0.0709. The number of hydrogen-bond donors (Lipinski definition) is 2. The Morgan fingerprint density at radius 2 is 2.18 bits per heavy atom. The monoisotopic (exact) mass is 400 g/mol. The number of alkyl halides is 2. The Morgan fingerprint density at radius 1 is 1.36 bits per heavy atom. The van der Waals surface area contributed by atoms with E-state index in [2.05, 4.69) is 27.6 Å². The number of nitrogens with zero attached hydrogens (tertiary/aromatic N) is 2. The molecule has 1 atom stereocenters. The van der Waals surface area contributed by atoms with Gasteiger partial charge in [-0.2, -0.15) is 8.78 Å². The molecule has 158 valence electrons. The molecule has 0 aromatic heterocycles. The van der Waals surface area contributed by atoms with Gasteiger partial charge in [0.1, 0.15) is 0 Å². The molecule has 0 radical (unpaired) electrons. The molecule has 1 aromatic carbocycles. The average Bonchev–Trinajstić information content (AvgIpc) is 2.66. The maximum absolute atomic E-state index is 12.8. The molecule has 1 aliphatic rings. The molecule has 2 N–H and O–H groups in total. The van der Waals surface area contributed by atoms with Crippen LogP contribution in [0.1, 0.15) is 19.4 Å². The fourth-order valence-corrected chi connectivity index (χ4v) is 2.88. The summed E-state index contributed by atoms with van der Waals surface area (Å²) in [4.78, 5) is 6.72. The Morgan fingerprint density at radius 3 is 2.86 bits per heavy atom. The van der Waals surface area contributed by atoms with Gasteiger partial charge >= 0.3 is 6.61 Å². The summed E-state index contributed by atoms with van der Waals surface area (Å²) in [5, 5.41) is 6.40. The van der Waals surface area contributed by atoms with Crippen molar-refractivity contribution in [2.24, 2.45) is 4.99 Å². The van der Waals surface area contributed by atoms with Gasteiger partial charge in [-0.1, -0.05) is 12.1 Å². The third-order valence-corrected chi connectivity index (χ3v) is 4.16. The number of nitrogens with one attached hydrogen (secondary N) is 2. The van der Waals surface area contributed by atoms with Crippen molar-refractivity contribution in [3.63, 3.8) is 0 Å². The largest absolute Gasteiger partial charge is 0.490 e. The molecule has 0 aliphatic carbocycles. The highest BCUT2D eigenvalue weighted by atomic mass is 19.3. The predicted molar refractivity (Wildman–Crippen MR) is 104 cm³/mol. The smallest absolute Gasteiger partial charge is 0.387 e. The number of aliphatic imine (C=N–C) groups is 1. The maximum Gasteiger partial charge on any atom is 0.387 e. The van der Waals surface area contributed by atoms with Crippen molar-refractivity contribution in [1.29, 1.82) is 0 Å². The van der Waals surface area contributed by atoms with Crippen LogP contribution in [0.3, 0.4) is 0 Å². The molecule has 7 nitrogen and oxygen atoms in total. The number of likely N-dealkylation sites (N-methyl/N-ethyl adjacent to an activating group) is 1. The van der Waals surface area contributed by atoms with Crippen LogP contribution in [0.4, 0.5) is 8.78 Å². The molecule has 1 fully saturated rings. The van der Waals surface area contributed by atoms with Gasteiger partial charge in [-0.15, -0.1) is 0 Å². The summed E-state index contributed by atoms with van der Waals surface area (Å²) in [6, 6.07) is 5.04. The van der Waals surface area contributed by atoms with E-state index in [9.17, 15) is 8.78 Å². The Labute approximate surface area is 165 Å². The van der Waals surface area contributed by atoms with Crippen LogP contribution in [0.5, 0.6) is 11.5 Å². The second-order valence-electron chi connectivity index (χ2n) is 6.39. The average molecular weight is 400 g/mol. The van der Waals surface area contributed by atoms with Crippen molar-refractivity contribution in [3.8, 4) is 11.5 Å². The molecule has 28 heavy (non-hydrogen) atoms. The van der Waals surface area contributed by atoms with Crippen LogP contribution in [-0.2, 0) is 11.3 Å². The van der Waals surface area contributed by atoms with Crippen LogP contribution < -0.4 is 20.1 Å². The summed E-state index contributed by atoms with van der Waals surface area (Å²) in [5.41, 5.74) is 0.525. The Bertz CT molecular complexity index is 631. The zero-order valence-corrected chi connectivity index (χ0v) is 16.7. The van der Waals surface area contributed by atoms with Crippen molar-refractivity contribution >= 4 is 5.96 Å². The number of benzene rings is 1. The molecule has 1 aliphatic heterocycles. The van der Waals surface area contributed by atoms with Crippen LogP contribution >= 0.6 is 0 Å². The van der Waals surface area contributed by atoms with E-state index < -0.39 is 6.61 Å². The molecule has 1 saturated heterocycles. The van der Waals surface area contributed by atoms with Crippen molar-refractivity contribution < 1.29 is 23.0 Å². The summed E-state index contributed by atoms with van der Waals surface area (Å²) < 4.78 is 41.5. The van der Waals surface area contributed by atoms with Gasteiger partial charge in [0.25, 0.3) is 0 Å². The highest BCUT2D eigenvalue weighted by Gasteiger charge is 2.18. The molecule has 0 bridgehead atoms. The van der Waals surface area contributed by atoms with Crippen LogP contribution in [0.2, 0.25) is 0 Å². The van der Waals surface area contributed by atoms with E-state index in [-0.39, 0.29) is 24.1 Å². The third-order valence-electron chi connectivity index (χ3n) is 4.16. The second-order valence-corrected chi connectivity index (χ2v) is 6.39. The molecule has 9 heteroatoms. The molecule has 1 unspecified atom stereocenters. The van der Waals surface area contributed by atoms with E-state index in [4.69, 9.17) is 14.2 Å². The first kappa shape index (κ1) is 22.2. The number of hydrogen-bond acceptors (Lipinski definition) is 5. The normalized spacial score (nSPS) is 18.2. The van der Waals surface area contributed by atoms with E-state index in [1.54, 1.807) is 25.1 Å². The zero-order valence-electron chi connectivity index (χ0n) is 16.7. The molecule has 1 heterocycles. The fourth-order valence-electron chi connectivity index (χ4n) is 2.88. The second kappa shape index (κ2) is 11.7. The molecule has 0 spiro atoms. The van der Waals surface area contributed by atoms with Gasteiger partial charge in [0, 0.05) is 31.7 Å². The van der Waals surface area contributed by atoms with E-state index in [1.165, 1.54) is 0 Å². The highest BCUT2D eigenvalue weighted by Crippen LogP contribution is 2.33. The van der Waals surface area contributed by atoms with Crippen LogP contribution in [0.15, 0.2) is 23.2 Å². The SMILES string of the molecule is CCNC(=NCc1cccc(OCC)c1OC(F)F)NCC1CN(C)CCO1. The summed E-state index contributed by atoms with van der Waals surface area (Å²) in [7, 11) is 2.06. The van der Waals surface area contributed by atoms with E-state index >= 15 is 0 Å². The summed E-state index contributed by atoms with van der Waals surface area (Å²) in [6.45, 7) is 5.09. The molecule has 0 saturated carbocycles. The first-order valence-corrected chi connectivity index (χ1v) is 9.55. The summed E-state index contributed by atoms with van der Waals surface area (Å²) >= 11 is 0. The standard InChI is InChI=1S/C19H30F2N4O3/c1-4-22-19(24-12-15-13-25(3)9-10-27-15)23-11-14-7-6-8-16(26-5-2)17(14)28-18(20)21/h6-8,15,18H,4-5,9-13H2,1-3H3,(H2,22,23,24). The first-order chi connectivity index (χ1) is 13.5. The Kier molecular flexibility index (Phi) is 9.22. The molecule has 1 aromatic rings. The summed E-state index contributed by atoms with van der Waals surface area (Å²) in [5.74, 6) is 0.896. The van der Waals surface area contributed by atoms with Gasteiger partial charge < -0.3 is 29.7 Å². The number of halogens is 2. The number of ether oxygens (including phenoxy) is 3. The molecule has 0 amide bonds. The Hall–Kier alpha value is -2.13. The van der Waals surface area contributed by atoms with Gasteiger partial charge in [0.05, 0.1) is 25.9 Å². The topological polar surface area (TPSA) is 67.4 Å². The van der Waals surface area contributed by atoms with Crippen molar-refractivity contribution in [2.75, 3.05) is 46.4 Å². The zero-order chi connectivity index (χ0) is 20.4. The van der Waals surface area contributed by atoms with Gasteiger partial charge in [-0.25, -0.2) is 4.99 Å². The first-order valence-electron chi connectivity index (χ1n) is 9.55. The van der Waals surface area contributed by atoms with Crippen molar-refractivity contribution in [3.05, 3.63) is 23.8 Å². The van der Waals surface area contributed by atoms with Crippen molar-refractivity contribution in [1.82, 2.24) is 15.5 Å². The minimum atomic E-state index is -2.93. The van der Waals surface area contributed by atoms with Crippen LogP contribution in [-0.4, -0.2) is 70.0 Å². The molecule has 2 rings (SSSR count). The van der Waals surface area contributed by atoms with Gasteiger partial charge in [0.15, 0.2) is 17.5 Å². The van der Waals surface area contributed by atoms with Gasteiger partial charge in [-0.05, 0) is 27.0 Å². The van der Waals surface area contributed by atoms with Gasteiger partial charge in [0.2, 0.25) is 0 Å². The fraction of sp³-hybridized carbons (Fsp3) is 0.632. The number of para-hydroxylation sites is 1. The lowest BCUT2D eigenvalue weighted by atomic mass is 10.2. The predicted octanol–water partition coefficient (Wildman–Crippen LogP) is 2.07. The highest BCUT2D eigenvalue weighted by molar-refractivity contribution is 5.79. The minimum Gasteiger partial charge on any atom is -0.490 e. The number of rotatable bonds is 9. The third kappa shape index (κ3) is 7.12. The lowest BCUT2D eigenvalue weighted by Crippen LogP contribution is -2.48. The quantitative estimate of drug-likeness (QED) is 0.489. The van der Waals surface area contributed by atoms with E-state index in [0.29, 0.717) is 37.8 Å². The lowest BCUT2D eigenvalue weighted by molar-refractivity contribution is -0.0520. The Balaban J connectivity index is 2.07. The van der Waals surface area contributed by atoms with Crippen LogP contribution in [0, 0.1) is 0 Å². The van der Waals surface area contributed by atoms with Crippen molar-refractivity contribution in [2.45, 2.75) is 33.1 Å². The minimum absolute atomic E-state index is 0.0242. The lowest BCUT2D eigenvalue weighted by Gasteiger charge is -2.30. The van der Waals surface area contributed by atoms with E-state index in [0.717, 1.165) is 13.1 Å². The van der Waals surface area contributed by atoms with E-state index in [1.807, 2.05) is 6.92 Å². The molecular formula is C19H30F2N4O3. The van der Waals surface area contributed by atoms with Gasteiger partial charge in [-0.3, -0.25) is 0 Å². The number of morpholine rings is 1.